The highest BCUT2D eigenvalue weighted by molar-refractivity contribution is 5.79. The van der Waals surface area contributed by atoms with E-state index in [1.807, 2.05) is 19.2 Å². The Kier molecular flexibility index (Phi) is 8.50. The van der Waals surface area contributed by atoms with Gasteiger partial charge in [-0.2, -0.15) is 0 Å². The molecular weight excluding hydrogens is 332 g/mol. The zero-order valence-corrected chi connectivity index (χ0v) is 16.5. The third-order valence-electron chi connectivity index (χ3n) is 4.57. The van der Waals surface area contributed by atoms with E-state index >= 15 is 0 Å². The van der Waals surface area contributed by atoms with E-state index in [-0.39, 0.29) is 0 Å². The van der Waals surface area contributed by atoms with Crippen molar-refractivity contribution in [2.24, 2.45) is 4.99 Å². The third kappa shape index (κ3) is 5.78. The average molecular weight is 364 g/mol. The van der Waals surface area contributed by atoms with E-state index in [4.69, 9.17) is 14.2 Å². The van der Waals surface area contributed by atoms with Gasteiger partial charge in [0.1, 0.15) is 11.5 Å². The maximum Gasteiger partial charge on any atom is 0.193 e. The van der Waals surface area contributed by atoms with Crippen LogP contribution in [0.3, 0.4) is 0 Å². The van der Waals surface area contributed by atoms with Gasteiger partial charge in [-0.05, 0) is 24.6 Å². The highest BCUT2D eigenvalue weighted by Crippen LogP contribution is 2.25. The SMILES string of the molecule is CN=C(NCCCOC)N1CCN(Cc2cc(OC)ccc2OC)CC1. The summed E-state index contributed by atoms with van der Waals surface area (Å²) in [5, 5.41) is 3.41. The summed E-state index contributed by atoms with van der Waals surface area (Å²) < 4.78 is 15.9. The summed E-state index contributed by atoms with van der Waals surface area (Å²) in [5.74, 6) is 2.74. The molecule has 0 bridgehead atoms. The molecule has 0 saturated carbocycles. The first-order valence-electron chi connectivity index (χ1n) is 9.09. The largest absolute Gasteiger partial charge is 0.497 e. The number of nitrogens with one attached hydrogen (secondary N) is 1. The minimum Gasteiger partial charge on any atom is -0.497 e. The Labute approximate surface area is 156 Å². The minimum atomic E-state index is 0.764. The molecule has 0 aromatic heterocycles. The van der Waals surface area contributed by atoms with Gasteiger partial charge in [0.25, 0.3) is 0 Å². The van der Waals surface area contributed by atoms with Crippen LogP contribution in [0.5, 0.6) is 11.5 Å². The smallest absolute Gasteiger partial charge is 0.193 e. The molecule has 0 aliphatic carbocycles. The lowest BCUT2D eigenvalue weighted by Crippen LogP contribution is -2.52. The van der Waals surface area contributed by atoms with Crippen LogP contribution in [0, 0.1) is 0 Å². The summed E-state index contributed by atoms with van der Waals surface area (Å²) in [4.78, 5) is 9.15. The van der Waals surface area contributed by atoms with E-state index < -0.39 is 0 Å². The second kappa shape index (κ2) is 10.9. The molecule has 1 fully saturated rings. The third-order valence-corrected chi connectivity index (χ3v) is 4.57. The molecule has 0 atom stereocenters. The maximum atomic E-state index is 5.50. The van der Waals surface area contributed by atoms with Gasteiger partial charge in [-0.15, -0.1) is 0 Å². The van der Waals surface area contributed by atoms with Crippen LogP contribution < -0.4 is 14.8 Å². The molecule has 1 N–H and O–H groups in total. The van der Waals surface area contributed by atoms with Crippen LogP contribution >= 0.6 is 0 Å². The van der Waals surface area contributed by atoms with E-state index in [0.29, 0.717) is 0 Å². The Morgan fingerprint density at radius 2 is 1.88 bits per heavy atom. The highest BCUT2D eigenvalue weighted by Gasteiger charge is 2.20. The van der Waals surface area contributed by atoms with Crippen molar-refractivity contribution in [3.05, 3.63) is 23.8 Å². The number of methoxy groups -OCH3 is 3. The number of benzene rings is 1. The number of hydrogen-bond donors (Lipinski definition) is 1. The molecule has 7 heteroatoms. The van der Waals surface area contributed by atoms with Gasteiger partial charge in [-0.25, -0.2) is 0 Å². The van der Waals surface area contributed by atoms with E-state index in [0.717, 1.165) is 75.3 Å². The Morgan fingerprint density at radius 3 is 2.50 bits per heavy atom. The molecule has 1 saturated heterocycles. The van der Waals surface area contributed by atoms with Crippen LogP contribution in [0.2, 0.25) is 0 Å². The zero-order valence-electron chi connectivity index (χ0n) is 16.5. The number of nitrogens with zero attached hydrogens (tertiary/aromatic N) is 3. The van der Waals surface area contributed by atoms with Gasteiger partial charge in [-0.1, -0.05) is 0 Å². The monoisotopic (exact) mass is 364 g/mol. The standard InChI is InChI=1S/C19H32N4O3/c1-20-19(21-8-5-13-24-2)23-11-9-22(10-12-23)15-16-14-17(25-3)6-7-18(16)26-4/h6-7,14H,5,8-13,15H2,1-4H3,(H,20,21). The van der Waals surface area contributed by atoms with E-state index in [1.54, 1.807) is 21.3 Å². The molecule has 1 aromatic carbocycles. The Morgan fingerprint density at radius 1 is 1.12 bits per heavy atom. The van der Waals surface area contributed by atoms with Crippen LogP contribution in [0.15, 0.2) is 23.2 Å². The molecule has 0 radical (unpaired) electrons. The predicted molar refractivity (Wildman–Crippen MR) is 104 cm³/mol. The predicted octanol–water partition coefficient (Wildman–Crippen LogP) is 1.43. The van der Waals surface area contributed by atoms with Gasteiger partial charge in [0.2, 0.25) is 0 Å². The number of piperazine rings is 1. The summed E-state index contributed by atoms with van der Waals surface area (Å²) in [5.41, 5.74) is 1.15. The number of rotatable bonds is 8. The molecule has 1 heterocycles. The van der Waals surface area contributed by atoms with Crippen LogP contribution in [-0.4, -0.2) is 83.5 Å². The molecular formula is C19H32N4O3. The zero-order chi connectivity index (χ0) is 18.8. The molecule has 1 aromatic rings. The van der Waals surface area contributed by atoms with Crippen molar-refractivity contribution in [1.29, 1.82) is 0 Å². The van der Waals surface area contributed by atoms with Gasteiger partial charge >= 0.3 is 0 Å². The van der Waals surface area contributed by atoms with Crippen molar-refractivity contribution >= 4 is 5.96 Å². The molecule has 0 unspecified atom stereocenters. The maximum absolute atomic E-state index is 5.50. The molecule has 146 valence electrons. The topological polar surface area (TPSA) is 58.6 Å². The Balaban J connectivity index is 1.86. The van der Waals surface area contributed by atoms with E-state index in [2.05, 4.69) is 26.2 Å². The van der Waals surface area contributed by atoms with E-state index in [9.17, 15) is 0 Å². The van der Waals surface area contributed by atoms with Gasteiger partial charge < -0.3 is 24.4 Å². The van der Waals surface area contributed by atoms with Crippen LogP contribution in [0.1, 0.15) is 12.0 Å². The summed E-state index contributed by atoms with van der Waals surface area (Å²) in [6, 6.07) is 5.96. The van der Waals surface area contributed by atoms with Crippen molar-refractivity contribution < 1.29 is 14.2 Å². The fraction of sp³-hybridized carbons (Fsp3) is 0.632. The second-order valence-corrected chi connectivity index (χ2v) is 6.26. The van der Waals surface area contributed by atoms with E-state index in [1.165, 1.54) is 0 Å². The van der Waals surface area contributed by atoms with Crippen LogP contribution in [-0.2, 0) is 11.3 Å². The van der Waals surface area contributed by atoms with Gasteiger partial charge in [0, 0.05) is 65.6 Å². The number of aliphatic imine (C=N–C) groups is 1. The van der Waals surface area contributed by atoms with Gasteiger partial charge in [0.15, 0.2) is 5.96 Å². The molecule has 1 aliphatic rings. The normalized spacial score (nSPS) is 15.8. The first-order chi connectivity index (χ1) is 12.7. The molecule has 0 amide bonds. The first-order valence-corrected chi connectivity index (χ1v) is 9.09. The fourth-order valence-electron chi connectivity index (χ4n) is 3.11. The van der Waals surface area contributed by atoms with Crippen molar-refractivity contribution in [3.63, 3.8) is 0 Å². The molecule has 26 heavy (non-hydrogen) atoms. The molecule has 1 aliphatic heterocycles. The van der Waals surface area contributed by atoms with Crippen molar-refractivity contribution in [2.45, 2.75) is 13.0 Å². The number of hydrogen-bond acceptors (Lipinski definition) is 5. The molecule has 0 spiro atoms. The van der Waals surface area contributed by atoms with Crippen LogP contribution in [0.4, 0.5) is 0 Å². The highest BCUT2D eigenvalue weighted by atomic mass is 16.5. The summed E-state index contributed by atoms with van der Waals surface area (Å²) >= 11 is 0. The Hall–Kier alpha value is -1.99. The van der Waals surface area contributed by atoms with Gasteiger partial charge in [0.05, 0.1) is 14.2 Å². The van der Waals surface area contributed by atoms with Crippen molar-refractivity contribution in [2.75, 3.05) is 67.7 Å². The van der Waals surface area contributed by atoms with Crippen molar-refractivity contribution in [3.8, 4) is 11.5 Å². The van der Waals surface area contributed by atoms with Gasteiger partial charge in [-0.3, -0.25) is 9.89 Å². The lowest BCUT2D eigenvalue weighted by molar-refractivity contribution is 0.170. The lowest BCUT2D eigenvalue weighted by atomic mass is 10.1. The second-order valence-electron chi connectivity index (χ2n) is 6.26. The van der Waals surface area contributed by atoms with Crippen molar-refractivity contribution in [1.82, 2.24) is 15.1 Å². The number of guanidine groups is 1. The summed E-state index contributed by atoms with van der Waals surface area (Å²) in [7, 11) is 6.97. The summed E-state index contributed by atoms with van der Waals surface area (Å²) in [6.45, 7) is 6.38. The lowest BCUT2D eigenvalue weighted by Gasteiger charge is -2.36. The van der Waals surface area contributed by atoms with Crippen LogP contribution in [0.25, 0.3) is 0 Å². The minimum absolute atomic E-state index is 0.764. The fourth-order valence-corrected chi connectivity index (χ4v) is 3.11. The molecule has 7 nitrogen and oxygen atoms in total. The summed E-state index contributed by atoms with van der Waals surface area (Å²) in [6.07, 6.45) is 0.977. The average Bonchev–Trinajstić information content (AvgIpc) is 2.69. The number of ether oxygens (including phenoxy) is 3. The molecule has 2 rings (SSSR count). The Bertz CT molecular complexity index is 572. The quantitative estimate of drug-likeness (QED) is 0.428. The first kappa shape index (κ1) is 20.3.